The lowest BCUT2D eigenvalue weighted by molar-refractivity contribution is -0.129. The van der Waals surface area contributed by atoms with Crippen LogP contribution in [0.5, 0.6) is 0 Å². The van der Waals surface area contributed by atoms with Gasteiger partial charge in [0.2, 0.25) is 5.91 Å². The molecule has 0 aromatic rings. The van der Waals surface area contributed by atoms with Crippen molar-refractivity contribution in [3.05, 3.63) is 11.1 Å². The molecule has 0 radical (unpaired) electrons. The second-order valence-corrected chi connectivity index (χ2v) is 3.70. The molecule has 68 valence electrons. The van der Waals surface area contributed by atoms with E-state index in [9.17, 15) is 4.79 Å². The summed E-state index contributed by atoms with van der Waals surface area (Å²) < 4.78 is 0. The molecule has 0 aromatic heterocycles. The van der Waals surface area contributed by atoms with Crippen LogP contribution in [0.4, 0.5) is 0 Å². The van der Waals surface area contributed by atoms with Crippen LogP contribution in [0.3, 0.4) is 0 Å². The molecule has 1 atom stereocenters. The normalized spacial score (nSPS) is 24.8. The van der Waals surface area contributed by atoms with E-state index in [0.717, 1.165) is 19.4 Å². The number of carbonyl (C=O) groups is 1. The number of amides is 1. The predicted octanol–water partition coefficient (Wildman–Crippen LogP) is 2.30. The van der Waals surface area contributed by atoms with E-state index in [2.05, 4.69) is 22.9 Å². The van der Waals surface area contributed by atoms with Crippen molar-refractivity contribution < 1.29 is 4.79 Å². The molecule has 1 aliphatic rings. The average Bonchev–Trinajstić information content (AvgIpc) is 2.05. The molecule has 1 heterocycles. The highest BCUT2D eigenvalue weighted by Gasteiger charge is 2.20. The number of hydrogen-bond donors (Lipinski definition) is 0. The lowest BCUT2D eigenvalue weighted by Crippen LogP contribution is -2.41. The van der Waals surface area contributed by atoms with Gasteiger partial charge in [0.1, 0.15) is 0 Å². The van der Waals surface area contributed by atoms with Crippen LogP contribution >= 0.6 is 15.9 Å². The molecule has 0 aromatic carbocycles. The van der Waals surface area contributed by atoms with E-state index in [0.29, 0.717) is 6.04 Å². The largest absolute Gasteiger partial charge is 0.336 e. The maximum Gasteiger partial charge on any atom is 0.247 e. The summed E-state index contributed by atoms with van der Waals surface area (Å²) in [6.07, 6.45) is 5.11. The first-order valence-corrected chi connectivity index (χ1v) is 5.24. The van der Waals surface area contributed by atoms with Gasteiger partial charge >= 0.3 is 0 Å². The zero-order valence-electron chi connectivity index (χ0n) is 7.29. The molecule has 1 unspecified atom stereocenters. The summed E-state index contributed by atoms with van der Waals surface area (Å²) in [6, 6.07) is 0.412. The summed E-state index contributed by atoms with van der Waals surface area (Å²) in [5, 5.41) is 0. The monoisotopic (exact) mass is 231 g/mol. The van der Waals surface area contributed by atoms with E-state index in [1.807, 2.05) is 4.90 Å². The third-order valence-corrected chi connectivity index (χ3v) is 2.56. The van der Waals surface area contributed by atoms with Crippen LogP contribution in [0.25, 0.3) is 0 Å². The minimum absolute atomic E-state index is 0.124. The first-order valence-electron chi connectivity index (χ1n) is 4.33. The Balaban J connectivity index is 2.53. The first-order chi connectivity index (χ1) is 5.75. The summed E-state index contributed by atoms with van der Waals surface area (Å²) in [7, 11) is 0. The van der Waals surface area contributed by atoms with E-state index in [-0.39, 0.29) is 5.91 Å². The van der Waals surface area contributed by atoms with Gasteiger partial charge in [-0.15, -0.1) is 0 Å². The van der Waals surface area contributed by atoms with Crippen molar-refractivity contribution in [1.82, 2.24) is 4.90 Å². The summed E-state index contributed by atoms with van der Waals surface area (Å²) in [6.45, 7) is 3.02. The van der Waals surface area contributed by atoms with Gasteiger partial charge in [-0.05, 0) is 31.2 Å². The summed E-state index contributed by atoms with van der Waals surface area (Å²) >= 11 is 3.11. The van der Waals surface area contributed by atoms with Crippen molar-refractivity contribution >= 4 is 21.8 Å². The molecule has 1 rings (SSSR count). The summed E-state index contributed by atoms with van der Waals surface area (Å²) in [4.78, 5) is 15.0. The van der Waals surface area contributed by atoms with E-state index >= 15 is 0 Å². The predicted molar refractivity (Wildman–Crippen MR) is 53.1 cm³/mol. The van der Waals surface area contributed by atoms with Crippen molar-refractivity contribution in [3.63, 3.8) is 0 Å². The van der Waals surface area contributed by atoms with Gasteiger partial charge in [0.05, 0.1) is 0 Å². The maximum atomic E-state index is 11.4. The van der Waals surface area contributed by atoms with Crippen LogP contribution in [-0.4, -0.2) is 23.4 Å². The number of hydrogen-bond acceptors (Lipinski definition) is 1. The van der Waals surface area contributed by atoms with Gasteiger partial charge in [0, 0.05) is 18.7 Å². The van der Waals surface area contributed by atoms with Gasteiger partial charge in [-0.3, -0.25) is 4.79 Å². The molecule has 0 N–H and O–H groups in total. The Hall–Kier alpha value is -0.310. The number of nitrogens with zero attached hydrogens (tertiary/aromatic N) is 1. The molecule has 0 aliphatic carbocycles. The van der Waals surface area contributed by atoms with E-state index in [1.165, 1.54) is 6.42 Å². The Morgan fingerprint density at radius 1 is 1.58 bits per heavy atom. The first kappa shape index (κ1) is 9.78. The fraction of sp³-hybridized carbons (Fsp3) is 0.667. The van der Waals surface area contributed by atoms with Crippen LogP contribution in [0.2, 0.25) is 0 Å². The Kier molecular flexibility index (Phi) is 3.79. The highest BCUT2D eigenvalue weighted by molar-refractivity contribution is 9.11. The minimum atomic E-state index is 0.124. The van der Waals surface area contributed by atoms with Crippen LogP contribution < -0.4 is 0 Å². The van der Waals surface area contributed by atoms with Crippen LogP contribution in [0.1, 0.15) is 26.2 Å². The fourth-order valence-corrected chi connectivity index (χ4v) is 1.80. The smallest absolute Gasteiger partial charge is 0.247 e. The average molecular weight is 232 g/mol. The zero-order chi connectivity index (χ0) is 8.97. The third kappa shape index (κ3) is 2.34. The molecule has 0 spiro atoms. The molecular weight excluding hydrogens is 218 g/mol. The van der Waals surface area contributed by atoms with Crippen LogP contribution in [-0.2, 0) is 4.79 Å². The lowest BCUT2D eigenvalue weighted by atomic mass is 10.0. The van der Waals surface area contributed by atoms with Crippen LogP contribution in [0, 0.1) is 0 Å². The Morgan fingerprint density at radius 3 is 2.92 bits per heavy atom. The molecule has 1 amide bonds. The molecule has 1 fully saturated rings. The molecule has 0 saturated carbocycles. The quantitative estimate of drug-likeness (QED) is 0.635. The minimum Gasteiger partial charge on any atom is -0.336 e. The molecule has 0 bridgehead atoms. The second-order valence-electron chi connectivity index (χ2n) is 3.17. The number of halogens is 1. The Labute approximate surface area is 81.8 Å². The Morgan fingerprint density at radius 2 is 2.33 bits per heavy atom. The summed E-state index contributed by atoms with van der Waals surface area (Å²) in [5.74, 6) is 0.124. The van der Waals surface area contributed by atoms with Gasteiger partial charge < -0.3 is 4.90 Å². The van der Waals surface area contributed by atoms with E-state index in [4.69, 9.17) is 0 Å². The van der Waals surface area contributed by atoms with Gasteiger partial charge in [-0.1, -0.05) is 15.9 Å². The number of piperidine rings is 1. The fourth-order valence-electron chi connectivity index (χ4n) is 1.58. The van der Waals surface area contributed by atoms with Crippen molar-refractivity contribution in [2.75, 3.05) is 6.54 Å². The standard InChI is InChI=1S/C9H14BrNO/c1-8-4-2-3-7-11(8)9(12)5-6-10/h5-6,8H,2-4,7H2,1H3/b6-5+. The molecule has 1 aliphatic heterocycles. The molecule has 12 heavy (non-hydrogen) atoms. The van der Waals surface area contributed by atoms with Gasteiger partial charge in [-0.25, -0.2) is 0 Å². The second kappa shape index (κ2) is 4.65. The van der Waals surface area contributed by atoms with Gasteiger partial charge in [0.25, 0.3) is 0 Å². The van der Waals surface area contributed by atoms with E-state index < -0.39 is 0 Å². The molecule has 1 saturated heterocycles. The lowest BCUT2D eigenvalue weighted by Gasteiger charge is -2.32. The van der Waals surface area contributed by atoms with Crippen molar-refractivity contribution in [2.45, 2.75) is 32.2 Å². The Bertz CT molecular complexity index is 191. The highest BCUT2D eigenvalue weighted by Crippen LogP contribution is 2.16. The van der Waals surface area contributed by atoms with Crippen molar-refractivity contribution in [3.8, 4) is 0 Å². The number of carbonyl (C=O) groups excluding carboxylic acids is 1. The maximum absolute atomic E-state index is 11.4. The number of likely N-dealkylation sites (tertiary alicyclic amines) is 1. The van der Waals surface area contributed by atoms with Gasteiger partial charge in [0.15, 0.2) is 0 Å². The number of rotatable bonds is 1. The highest BCUT2D eigenvalue weighted by atomic mass is 79.9. The topological polar surface area (TPSA) is 20.3 Å². The van der Waals surface area contributed by atoms with Crippen LogP contribution in [0.15, 0.2) is 11.1 Å². The zero-order valence-corrected chi connectivity index (χ0v) is 8.88. The molecular formula is C9H14BrNO. The summed E-state index contributed by atoms with van der Waals surface area (Å²) in [5.41, 5.74) is 0. The molecule has 3 heteroatoms. The molecule has 2 nitrogen and oxygen atoms in total. The van der Waals surface area contributed by atoms with Crippen molar-refractivity contribution in [2.24, 2.45) is 0 Å². The SMILES string of the molecule is CC1CCCCN1C(=O)/C=C/Br. The van der Waals surface area contributed by atoms with Crippen molar-refractivity contribution in [1.29, 1.82) is 0 Å². The van der Waals surface area contributed by atoms with E-state index in [1.54, 1.807) is 11.1 Å². The third-order valence-electron chi connectivity index (χ3n) is 2.29. The van der Waals surface area contributed by atoms with Gasteiger partial charge in [-0.2, -0.15) is 0 Å².